The van der Waals surface area contributed by atoms with E-state index in [0.717, 1.165) is 41.9 Å². The zero-order valence-corrected chi connectivity index (χ0v) is 19.1. The van der Waals surface area contributed by atoms with Crippen molar-refractivity contribution in [1.82, 2.24) is 9.78 Å². The van der Waals surface area contributed by atoms with Crippen LogP contribution in [0.1, 0.15) is 72.1 Å². The predicted molar refractivity (Wildman–Crippen MR) is 117 cm³/mol. The molecular formula is C25H37ClN2O. The fourth-order valence-electron chi connectivity index (χ4n) is 8.82. The van der Waals surface area contributed by atoms with E-state index in [9.17, 15) is 4.79 Å². The van der Waals surface area contributed by atoms with Gasteiger partial charge in [-0.2, -0.15) is 5.10 Å². The summed E-state index contributed by atoms with van der Waals surface area (Å²) < 4.78 is 1.73. The summed E-state index contributed by atoms with van der Waals surface area (Å²) in [5.41, 5.74) is 0.184. The van der Waals surface area contributed by atoms with Gasteiger partial charge in [-0.25, -0.2) is 0 Å². The van der Waals surface area contributed by atoms with Gasteiger partial charge in [-0.05, 0) is 91.8 Å². The third-order valence-corrected chi connectivity index (χ3v) is 10.0. The van der Waals surface area contributed by atoms with Crippen molar-refractivity contribution in [2.24, 2.45) is 52.8 Å². The maximum Gasteiger partial charge on any atom is 0.157 e. The number of halogens is 1. The Bertz CT molecular complexity index is 775. The van der Waals surface area contributed by atoms with Gasteiger partial charge in [-0.3, -0.25) is 9.48 Å². The first-order valence-corrected chi connectivity index (χ1v) is 12.4. The molecule has 9 atom stereocenters. The fourth-order valence-corrected chi connectivity index (χ4v) is 8.98. The lowest BCUT2D eigenvalue weighted by molar-refractivity contribution is -0.131. The van der Waals surface area contributed by atoms with Crippen LogP contribution in [0.2, 0.25) is 5.02 Å². The first-order chi connectivity index (χ1) is 13.9. The van der Waals surface area contributed by atoms with Crippen molar-refractivity contribution in [2.45, 2.75) is 78.7 Å². The third-order valence-electron chi connectivity index (χ3n) is 9.84. The Balaban J connectivity index is 1.36. The Morgan fingerprint density at radius 3 is 2.69 bits per heavy atom. The lowest BCUT2D eigenvalue weighted by Crippen LogP contribution is -2.50. The number of aromatic nitrogens is 2. The molecule has 5 rings (SSSR count). The summed E-state index contributed by atoms with van der Waals surface area (Å²) in [6, 6.07) is 0. The van der Waals surface area contributed by atoms with Gasteiger partial charge in [0.1, 0.15) is 0 Å². The summed E-state index contributed by atoms with van der Waals surface area (Å²) in [5, 5.41) is 4.87. The van der Waals surface area contributed by atoms with Gasteiger partial charge in [0, 0.05) is 12.1 Å². The van der Waals surface area contributed by atoms with Crippen LogP contribution in [0.5, 0.6) is 0 Å². The van der Waals surface area contributed by atoms with Gasteiger partial charge < -0.3 is 0 Å². The number of fused-ring (bicyclic) bond motifs is 5. The molecule has 1 aromatic heterocycles. The van der Waals surface area contributed by atoms with Gasteiger partial charge in [0.05, 0.1) is 17.8 Å². The van der Waals surface area contributed by atoms with Crippen LogP contribution >= 0.6 is 11.6 Å². The highest BCUT2D eigenvalue weighted by atomic mass is 35.5. The average molecular weight is 417 g/mol. The van der Waals surface area contributed by atoms with Gasteiger partial charge in [0.15, 0.2) is 5.78 Å². The first-order valence-electron chi connectivity index (χ1n) is 12.1. The van der Waals surface area contributed by atoms with Gasteiger partial charge in [-0.1, -0.05) is 38.8 Å². The van der Waals surface area contributed by atoms with Crippen molar-refractivity contribution in [1.29, 1.82) is 0 Å². The van der Waals surface area contributed by atoms with Crippen molar-refractivity contribution in [3.8, 4) is 0 Å². The summed E-state index contributed by atoms with van der Waals surface area (Å²) in [6.45, 7) is 7.74. The number of Topliss-reactive ketones (excluding diaryl/α,β-unsaturated/α-hetero) is 1. The van der Waals surface area contributed by atoms with Crippen LogP contribution < -0.4 is 0 Å². The summed E-state index contributed by atoms with van der Waals surface area (Å²) in [5.74, 6) is 6.65. The van der Waals surface area contributed by atoms with E-state index in [1.807, 2.05) is 0 Å². The van der Waals surface area contributed by atoms with Gasteiger partial charge in [0.25, 0.3) is 0 Å². The normalized spacial score (nSPS) is 46.6. The topological polar surface area (TPSA) is 34.9 Å². The zero-order chi connectivity index (χ0) is 20.3. The average Bonchev–Trinajstić information content (AvgIpc) is 3.21. The van der Waals surface area contributed by atoms with Crippen molar-refractivity contribution in [3.05, 3.63) is 17.4 Å². The minimum absolute atomic E-state index is 0.184. The minimum atomic E-state index is 0.184. The van der Waals surface area contributed by atoms with Crippen LogP contribution in [-0.2, 0) is 11.3 Å². The molecular weight excluding hydrogens is 380 g/mol. The monoisotopic (exact) mass is 416 g/mol. The highest BCUT2D eigenvalue weighted by Crippen LogP contribution is 2.66. The second kappa shape index (κ2) is 7.39. The molecule has 4 heteroatoms. The Morgan fingerprint density at radius 1 is 1.14 bits per heavy atom. The highest BCUT2D eigenvalue weighted by molar-refractivity contribution is 6.30. The molecule has 0 bridgehead atoms. The zero-order valence-electron chi connectivity index (χ0n) is 18.3. The van der Waals surface area contributed by atoms with Crippen LogP contribution in [-0.4, -0.2) is 15.6 Å². The molecule has 0 spiro atoms. The summed E-state index contributed by atoms with van der Waals surface area (Å²) >= 11 is 6.01. The number of carbonyl (C=O) groups is 1. The van der Waals surface area contributed by atoms with Crippen LogP contribution in [0.25, 0.3) is 0 Å². The van der Waals surface area contributed by atoms with Gasteiger partial charge in [0.2, 0.25) is 0 Å². The third kappa shape index (κ3) is 3.30. The molecule has 1 heterocycles. The number of hydrogen-bond donors (Lipinski definition) is 0. The van der Waals surface area contributed by atoms with Crippen LogP contribution in [0.4, 0.5) is 0 Å². The molecule has 0 N–H and O–H groups in total. The van der Waals surface area contributed by atoms with Gasteiger partial charge >= 0.3 is 0 Å². The van der Waals surface area contributed by atoms with Crippen molar-refractivity contribution in [3.63, 3.8) is 0 Å². The minimum Gasteiger partial charge on any atom is -0.297 e. The van der Waals surface area contributed by atoms with E-state index in [1.54, 1.807) is 17.1 Å². The van der Waals surface area contributed by atoms with E-state index >= 15 is 0 Å². The molecule has 0 amide bonds. The van der Waals surface area contributed by atoms with E-state index in [-0.39, 0.29) is 11.3 Å². The van der Waals surface area contributed by atoms with Crippen LogP contribution in [0.3, 0.4) is 0 Å². The van der Waals surface area contributed by atoms with Crippen molar-refractivity contribution >= 4 is 17.4 Å². The smallest absolute Gasteiger partial charge is 0.157 e. The number of ketones is 1. The quantitative estimate of drug-likeness (QED) is 0.583. The summed E-state index contributed by atoms with van der Waals surface area (Å²) in [4.78, 5) is 13.3. The molecule has 160 valence electrons. The predicted octanol–water partition coefficient (Wildman–Crippen LogP) is 6.26. The lowest BCUT2D eigenvalue weighted by Gasteiger charge is -2.56. The van der Waals surface area contributed by atoms with Crippen molar-refractivity contribution < 1.29 is 4.79 Å². The molecule has 9 unspecified atom stereocenters. The molecule has 4 aliphatic rings. The maximum atomic E-state index is 13.3. The summed E-state index contributed by atoms with van der Waals surface area (Å²) in [6.07, 6.45) is 14.3. The Hall–Kier alpha value is -0.830. The molecule has 4 aliphatic carbocycles. The van der Waals surface area contributed by atoms with E-state index < -0.39 is 0 Å². The molecule has 0 radical (unpaired) electrons. The molecule has 0 aromatic carbocycles. The van der Waals surface area contributed by atoms with E-state index in [0.29, 0.717) is 23.3 Å². The lowest BCUT2D eigenvalue weighted by atomic mass is 9.48. The van der Waals surface area contributed by atoms with E-state index in [2.05, 4.69) is 25.9 Å². The largest absolute Gasteiger partial charge is 0.297 e. The fraction of sp³-hybridized carbons (Fsp3) is 0.840. The highest BCUT2D eigenvalue weighted by Gasteiger charge is 2.60. The molecule has 4 saturated carbocycles. The van der Waals surface area contributed by atoms with E-state index in [4.69, 9.17) is 11.6 Å². The number of rotatable bonds is 3. The van der Waals surface area contributed by atoms with Crippen LogP contribution in [0, 0.1) is 52.8 Å². The Kier molecular flexibility index (Phi) is 5.12. The summed E-state index contributed by atoms with van der Waals surface area (Å²) in [7, 11) is 0. The SMILES string of the molecule is CC1CCC2C(CCC3C2CCC2(C)C(C(=O)Cn4cc(Cl)cn4)CC(C)C32)C1. The Morgan fingerprint density at radius 2 is 1.93 bits per heavy atom. The molecule has 0 saturated heterocycles. The molecule has 1 aromatic rings. The van der Waals surface area contributed by atoms with Crippen molar-refractivity contribution in [2.75, 3.05) is 0 Å². The molecule has 0 aliphatic heterocycles. The van der Waals surface area contributed by atoms with Gasteiger partial charge in [-0.15, -0.1) is 0 Å². The number of carbonyl (C=O) groups excluding carboxylic acids is 1. The maximum absolute atomic E-state index is 13.3. The molecule has 29 heavy (non-hydrogen) atoms. The first kappa shape index (κ1) is 20.1. The van der Waals surface area contributed by atoms with Crippen LogP contribution in [0.15, 0.2) is 12.4 Å². The molecule has 4 fully saturated rings. The molecule has 3 nitrogen and oxygen atoms in total. The standard InChI is InChI=1S/C25H37ClN2O/c1-15-4-6-19-17(10-15)5-7-21-20(19)8-9-25(3)22(11-16(2)24(21)25)23(29)14-28-13-18(26)12-27-28/h12-13,15-17,19-22,24H,4-11,14H2,1-3H3. The second-order valence-electron chi connectivity index (χ2n) is 11.4. The Labute approximate surface area is 181 Å². The second-order valence-corrected chi connectivity index (χ2v) is 11.8. The van der Waals surface area contributed by atoms with E-state index in [1.165, 1.54) is 44.9 Å². The number of nitrogens with zero attached hydrogens (tertiary/aromatic N) is 2. The number of hydrogen-bond acceptors (Lipinski definition) is 2.